The number of fused-ring (bicyclic) bond motifs is 1. The molecule has 0 unspecified atom stereocenters. The van der Waals surface area contributed by atoms with Crippen molar-refractivity contribution >= 4 is 45.9 Å². The van der Waals surface area contributed by atoms with E-state index in [1.54, 1.807) is 13.2 Å². The highest BCUT2D eigenvalue weighted by Crippen LogP contribution is 2.42. The summed E-state index contributed by atoms with van der Waals surface area (Å²) in [6, 6.07) is 21.1. The number of carbonyl (C=O) groups excluding carboxylic acids is 2. The number of H-pyrrole nitrogens is 1. The van der Waals surface area contributed by atoms with Crippen molar-refractivity contribution in [3.05, 3.63) is 98.5 Å². The van der Waals surface area contributed by atoms with Crippen LogP contribution >= 0.6 is 23.2 Å². The summed E-state index contributed by atoms with van der Waals surface area (Å²) >= 11 is 14.2. The van der Waals surface area contributed by atoms with Gasteiger partial charge in [0.1, 0.15) is 5.82 Å². The molecule has 262 valence electrons. The lowest BCUT2D eigenvalue weighted by Crippen LogP contribution is -2.35. The van der Waals surface area contributed by atoms with Gasteiger partial charge in [0.25, 0.3) is 5.56 Å². The zero-order valence-electron chi connectivity index (χ0n) is 27.9. The number of hydrogen-bond donors (Lipinski definition) is 5. The van der Waals surface area contributed by atoms with Crippen molar-refractivity contribution < 1.29 is 14.3 Å². The maximum absolute atomic E-state index is 12.9. The average Bonchev–Trinajstić information content (AvgIpc) is 3.75. The Morgan fingerprint density at radius 2 is 1.39 bits per heavy atom. The Kier molecular flexibility index (Phi) is 10.3. The SMILES string of the molecule is COc1nc(-c2cccc(-c3cccc(-c4ccc5c(=O)nc(CNC[C@H]6CCC(=O)N6)[nH]c5c4)c3Cl)c2Cl)ccc1CNC[C@H]1CCC(=O)N1. The van der Waals surface area contributed by atoms with Gasteiger partial charge in [0.15, 0.2) is 0 Å². The Labute approximate surface area is 304 Å². The highest BCUT2D eigenvalue weighted by Gasteiger charge is 2.22. The van der Waals surface area contributed by atoms with Crippen molar-refractivity contribution in [3.63, 3.8) is 0 Å². The third-order valence-corrected chi connectivity index (χ3v) is 10.1. The van der Waals surface area contributed by atoms with E-state index in [1.165, 1.54) is 0 Å². The smallest absolute Gasteiger partial charge is 0.280 e. The van der Waals surface area contributed by atoms with Gasteiger partial charge in [-0.2, -0.15) is 4.98 Å². The fourth-order valence-corrected chi connectivity index (χ4v) is 7.35. The number of aromatic amines is 1. The predicted octanol–water partition coefficient (Wildman–Crippen LogP) is 5.37. The van der Waals surface area contributed by atoms with Gasteiger partial charge in [-0.1, -0.05) is 71.7 Å². The van der Waals surface area contributed by atoms with Crippen LogP contribution in [0.1, 0.15) is 37.1 Å². The minimum Gasteiger partial charge on any atom is -0.481 e. The Balaban J connectivity index is 1.12. The van der Waals surface area contributed by atoms with Crippen LogP contribution in [-0.2, 0) is 22.7 Å². The molecule has 4 heterocycles. The Bertz CT molecular complexity index is 2190. The van der Waals surface area contributed by atoms with Crippen LogP contribution in [0.2, 0.25) is 10.0 Å². The number of benzene rings is 3. The summed E-state index contributed by atoms with van der Waals surface area (Å²) in [5.74, 6) is 1.15. The lowest BCUT2D eigenvalue weighted by molar-refractivity contribution is -0.120. The predicted molar refractivity (Wildman–Crippen MR) is 199 cm³/mol. The molecule has 2 saturated heterocycles. The maximum atomic E-state index is 12.9. The van der Waals surface area contributed by atoms with Gasteiger partial charge in [-0.3, -0.25) is 14.4 Å². The molecule has 13 heteroatoms. The standard InChI is InChI=1S/C38H37Cl2N7O4/c1-51-38-22(17-41-18-23-10-14-33(48)43-23)9-13-30(46-38)28-7-3-6-27(36(28)40)26-5-2-4-25(35(26)39)21-8-12-29-31(16-21)45-32(47-37(29)50)20-42-19-24-11-15-34(49)44-24/h2-9,12-13,16,23-24,41-42H,10-11,14-15,17-20H2,1H3,(H,43,48)(H,44,49)(H,45,47,50)/t23-,24-/m1/s1. The van der Waals surface area contributed by atoms with Crippen LogP contribution in [0.25, 0.3) is 44.4 Å². The largest absolute Gasteiger partial charge is 0.481 e. The molecule has 0 spiro atoms. The monoisotopic (exact) mass is 725 g/mol. The highest BCUT2D eigenvalue weighted by atomic mass is 35.5. The molecule has 2 aliphatic rings. The van der Waals surface area contributed by atoms with E-state index in [1.807, 2.05) is 60.7 Å². The van der Waals surface area contributed by atoms with Crippen molar-refractivity contribution in [3.8, 4) is 39.4 Å². The maximum Gasteiger partial charge on any atom is 0.280 e. The summed E-state index contributed by atoms with van der Waals surface area (Å²) in [5.41, 5.74) is 5.70. The first-order valence-corrected chi connectivity index (χ1v) is 17.7. The number of methoxy groups -OCH3 is 1. The number of hydrogen-bond acceptors (Lipinski definition) is 8. The Morgan fingerprint density at radius 1 is 0.765 bits per heavy atom. The number of carbonyl (C=O) groups is 2. The number of amides is 2. The lowest BCUT2D eigenvalue weighted by Gasteiger charge is -2.16. The summed E-state index contributed by atoms with van der Waals surface area (Å²) in [5, 5.41) is 14.0. The Hall–Kier alpha value is -4.81. The van der Waals surface area contributed by atoms with Crippen molar-refractivity contribution in [1.82, 2.24) is 36.2 Å². The molecular formula is C38H37Cl2N7O4. The molecule has 2 fully saturated rings. The van der Waals surface area contributed by atoms with E-state index in [4.69, 9.17) is 32.9 Å². The van der Waals surface area contributed by atoms with Gasteiger partial charge in [0.2, 0.25) is 17.7 Å². The number of nitrogens with zero attached hydrogens (tertiary/aromatic N) is 2. The average molecular weight is 727 g/mol. The van der Waals surface area contributed by atoms with E-state index in [2.05, 4.69) is 31.2 Å². The first-order chi connectivity index (χ1) is 24.8. The van der Waals surface area contributed by atoms with E-state index in [0.29, 0.717) is 77.4 Å². The molecule has 3 aromatic carbocycles. The van der Waals surface area contributed by atoms with E-state index in [9.17, 15) is 14.4 Å². The van der Waals surface area contributed by atoms with Gasteiger partial charge in [-0.25, -0.2) is 4.98 Å². The van der Waals surface area contributed by atoms with E-state index < -0.39 is 0 Å². The summed E-state index contributed by atoms with van der Waals surface area (Å²) in [6.07, 6.45) is 2.71. The molecule has 11 nitrogen and oxygen atoms in total. The summed E-state index contributed by atoms with van der Waals surface area (Å²) in [4.78, 5) is 48.2. The van der Waals surface area contributed by atoms with Crippen LogP contribution < -0.4 is 31.6 Å². The molecule has 51 heavy (non-hydrogen) atoms. The Morgan fingerprint density at radius 3 is 2.04 bits per heavy atom. The van der Waals surface area contributed by atoms with Crippen molar-refractivity contribution in [1.29, 1.82) is 0 Å². The number of halogens is 2. The van der Waals surface area contributed by atoms with Gasteiger partial charge in [-0.05, 0) is 36.6 Å². The number of aromatic nitrogens is 3. The first-order valence-electron chi connectivity index (χ1n) is 16.9. The molecule has 0 saturated carbocycles. The minimum atomic E-state index is -0.321. The number of ether oxygens (including phenoxy) is 1. The molecule has 0 radical (unpaired) electrons. The first kappa shape index (κ1) is 34.6. The molecule has 5 aromatic rings. The zero-order valence-corrected chi connectivity index (χ0v) is 29.5. The number of pyridine rings is 1. The fourth-order valence-electron chi connectivity index (χ4n) is 6.69. The van der Waals surface area contributed by atoms with Crippen LogP contribution in [0.5, 0.6) is 5.88 Å². The normalized spacial score (nSPS) is 17.2. The quantitative estimate of drug-likeness (QED) is 0.115. The fraction of sp³-hybridized carbons (Fsp3) is 0.289. The number of rotatable bonds is 12. The summed E-state index contributed by atoms with van der Waals surface area (Å²) in [6.45, 7) is 2.15. The van der Waals surface area contributed by atoms with E-state index in [-0.39, 0.29) is 29.5 Å². The lowest BCUT2D eigenvalue weighted by atomic mass is 9.96. The molecular weight excluding hydrogens is 689 g/mol. The van der Waals surface area contributed by atoms with Crippen LogP contribution in [0.15, 0.2) is 71.5 Å². The van der Waals surface area contributed by atoms with Crippen molar-refractivity contribution in [2.75, 3.05) is 20.2 Å². The second kappa shape index (κ2) is 15.2. The molecule has 2 amide bonds. The van der Waals surface area contributed by atoms with E-state index in [0.717, 1.165) is 46.2 Å². The molecule has 5 N–H and O–H groups in total. The third kappa shape index (κ3) is 7.62. The molecule has 0 bridgehead atoms. The second-order valence-electron chi connectivity index (χ2n) is 12.8. The van der Waals surface area contributed by atoms with Crippen LogP contribution in [-0.4, -0.2) is 59.0 Å². The van der Waals surface area contributed by atoms with Gasteiger partial charge < -0.3 is 31.0 Å². The summed E-state index contributed by atoms with van der Waals surface area (Å²) in [7, 11) is 1.59. The topological polar surface area (TPSA) is 150 Å². The van der Waals surface area contributed by atoms with Crippen molar-refractivity contribution in [2.45, 2.75) is 50.9 Å². The van der Waals surface area contributed by atoms with Gasteiger partial charge >= 0.3 is 0 Å². The molecule has 2 aromatic heterocycles. The molecule has 2 atom stereocenters. The number of nitrogens with one attached hydrogen (secondary N) is 5. The van der Waals surface area contributed by atoms with Gasteiger partial charge in [-0.15, -0.1) is 0 Å². The van der Waals surface area contributed by atoms with E-state index >= 15 is 0 Å². The second-order valence-corrected chi connectivity index (χ2v) is 13.6. The van der Waals surface area contributed by atoms with Gasteiger partial charge in [0.05, 0.1) is 40.3 Å². The third-order valence-electron chi connectivity index (χ3n) is 9.33. The zero-order chi connectivity index (χ0) is 35.5. The van der Waals surface area contributed by atoms with Crippen molar-refractivity contribution in [2.24, 2.45) is 0 Å². The molecule has 0 aliphatic carbocycles. The molecule has 2 aliphatic heterocycles. The molecule has 7 rings (SSSR count). The van der Waals surface area contributed by atoms with Gasteiger partial charge in [0, 0.05) is 72.4 Å². The van der Waals surface area contributed by atoms with Crippen LogP contribution in [0.3, 0.4) is 0 Å². The van der Waals surface area contributed by atoms with Crippen LogP contribution in [0, 0.1) is 0 Å². The minimum absolute atomic E-state index is 0.0605. The summed E-state index contributed by atoms with van der Waals surface area (Å²) < 4.78 is 5.65. The van der Waals surface area contributed by atoms with Crippen LogP contribution in [0.4, 0.5) is 0 Å². The highest BCUT2D eigenvalue weighted by molar-refractivity contribution is 6.39.